The molecule has 108 valence electrons. The zero-order valence-corrected chi connectivity index (χ0v) is 13.4. The number of rotatable bonds is 2. The molecule has 21 heavy (non-hydrogen) atoms. The molecule has 1 aliphatic rings. The van der Waals surface area contributed by atoms with Crippen molar-refractivity contribution >= 4 is 39.1 Å². The average Bonchev–Trinajstić information content (AvgIpc) is 2.50. The van der Waals surface area contributed by atoms with Gasteiger partial charge in [-0.25, -0.2) is 0 Å². The molecule has 1 amide bonds. The maximum atomic E-state index is 12.5. The van der Waals surface area contributed by atoms with E-state index >= 15 is 0 Å². The number of ether oxygens (including phenoxy) is 1. The lowest BCUT2D eigenvalue weighted by atomic mass is 9.97. The van der Waals surface area contributed by atoms with Crippen LogP contribution in [-0.4, -0.2) is 12.5 Å². The van der Waals surface area contributed by atoms with E-state index in [9.17, 15) is 4.79 Å². The van der Waals surface area contributed by atoms with Gasteiger partial charge in [-0.15, -0.1) is 0 Å². The molecule has 2 aromatic rings. The predicted molar refractivity (Wildman–Crippen MR) is 86.6 cm³/mol. The lowest BCUT2D eigenvalue weighted by Crippen LogP contribution is -2.28. The van der Waals surface area contributed by atoms with E-state index in [4.69, 9.17) is 16.3 Å². The molecule has 2 aromatic carbocycles. The van der Waals surface area contributed by atoms with Gasteiger partial charge < -0.3 is 10.1 Å². The Bertz CT molecular complexity index is 690. The van der Waals surface area contributed by atoms with Crippen molar-refractivity contribution in [2.24, 2.45) is 0 Å². The average molecular weight is 367 g/mol. The van der Waals surface area contributed by atoms with Gasteiger partial charge in [-0.3, -0.25) is 4.79 Å². The molecule has 0 saturated carbocycles. The third kappa shape index (κ3) is 3.12. The summed E-state index contributed by atoms with van der Waals surface area (Å²) >= 11 is 9.36. The molecule has 1 N–H and O–H groups in total. The van der Waals surface area contributed by atoms with Crippen molar-refractivity contribution in [1.82, 2.24) is 0 Å². The minimum absolute atomic E-state index is 0.190. The lowest BCUT2D eigenvalue weighted by Gasteiger charge is -2.25. The summed E-state index contributed by atoms with van der Waals surface area (Å²) in [6, 6.07) is 13.1. The number of nitrogens with one attached hydrogen (secondary N) is 1. The van der Waals surface area contributed by atoms with Crippen molar-refractivity contribution in [3.05, 3.63) is 63.1 Å². The Morgan fingerprint density at radius 2 is 2.10 bits per heavy atom. The fraction of sp³-hybridized carbons (Fsp3) is 0.188. The molecule has 0 fully saturated rings. The Labute approximate surface area is 136 Å². The summed E-state index contributed by atoms with van der Waals surface area (Å²) in [6.07, 6.45) is 0.252. The van der Waals surface area contributed by atoms with Gasteiger partial charge in [-0.1, -0.05) is 35.9 Å². The molecule has 0 radical (unpaired) electrons. The van der Waals surface area contributed by atoms with Crippen LogP contribution < -0.4 is 5.32 Å². The van der Waals surface area contributed by atoms with E-state index < -0.39 is 6.10 Å². The fourth-order valence-electron chi connectivity index (χ4n) is 2.40. The van der Waals surface area contributed by atoms with Crippen molar-refractivity contribution in [3.8, 4) is 0 Å². The van der Waals surface area contributed by atoms with E-state index in [1.807, 2.05) is 24.3 Å². The number of amides is 1. The summed E-state index contributed by atoms with van der Waals surface area (Å²) < 4.78 is 6.43. The van der Waals surface area contributed by atoms with Crippen LogP contribution in [-0.2, 0) is 16.0 Å². The van der Waals surface area contributed by atoms with Gasteiger partial charge in [0.1, 0.15) is 0 Å². The van der Waals surface area contributed by atoms with Gasteiger partial charge in [0.2, 0.25) is 0 Å². The number of carbonyl (C=O) groups is 1. The minimum Gasteiger partial charge on any atom is -0.363 e. The highest BCUT2D eigenvalue weighted by molar-refractivity contribution is 9.10. The molecule has 3 nitrogen and oxygen atoms in total. The second-order valence-corrected chi connectivity index (χ2v) is 6.10. The molecular formula is C16H13BrClNO2. The summed E-state index contributed by atoms with van der Waals surface area (Å²) in [5.41, 5.74) is 2.73. The van der Waals surface area contributed by atoms with E-state index in [2.05, 4.69) is 21.2 Å². The van der Waals surface area contributed by atoms with Crippen LogP contribution in [0.4, 0.5) is 5.69 Å². The number of anilines is 1. The van der Waals surface area contributed by atoms with Crippen molar-refractivity contribution < 1.29 is 9.53 Å². The Balaban J connectivity index is 1.85. The van der Waals surface area contributed by atoms with E-state index in [1.54, 1.807) is 18.2 Å². The van der Waals surface area contributed by atoms with Crippen molar-refractivity contribution in [3.63, 3.8) is 0 Å². The summed E-state index contributed by atoms with van der Waals surface area (Å²) in [4.78, 5) is 12.5. The predicted octanol–water partition coefficient (Wildman–Crippen LogP) is 4.36. The third-order valence-corrected chi connectivity index (χ3v) is 4.34. The van der Waals surface area contributed by atoms with Gasteiger partial charge in [0.05, 0.1) is 12.3 Å². The van der Waals surface area contributed by atoms with Gasteiger partial charge in [0.15, 0.2) is 6.10 Å². The molecule has 0 spiro atoms. The topological polar surface area (TPSA) is 38.3 Å². The largest absolute Gasteiger partial charge is 0.363 e. The quantitative estimate of drug-likeness (QED) is 0.858. The molecule has 0 bridgehead atoms. The second kappa shape index (κ2) is 6.18. The van der Waals surface area contributed by atoms with E-state index in [-0.39, 0.29) is 5.91 Å². The fourth-order valence-corrected chi connectivity index (χ4v) is 2.92. The monoisotopic (exact) mass is 365 g/mol. The molecule has 0 aliphatic carbocycles. The van der Waals surface area contributed by atoms with Crippen molar-refractivity contribution in [2.45, 2.75) is 12.5 Å². The molecule has 0 aromatic heterocycles. The van der Waals surface area contributed by atoms with Gasteiger partial charge >= 0.3 is 0 Å². The Kier molecular flexibility index (Phi) is 4.29. The van der Waals surface area contributed by atoms with Crippen LogP contribution >= 0.6 is 27.5 Å². The van der Waals surface area contributed by atoms with Crippen molar-refractivity contribution in [2.75, 3.05) is 11.9 Å². The number of benzene rings is 2. The second-order valence-electron chi connectivity index (χ2n) is 4.81. The van der Waals surface area contributed by atoms with E-state index in [1.165, 1.54) is 0 Å². The minimum atomic E-state index is -0.583. The maximum absolute atomic E-state index is 12.5. The zero-order chi connectivity index (χ0) is 14.8. The van der Waals surface area contributed by atoms with E-state index in [0.717, 1.165) is 22.0 Å². The molecule has 5 heteroatoms. The molecule has 1 atom stereocenters. The molecule has 1 unspecified atom stereocenters. The highest BCUT2D eigenvalue weighted by Gasteiger charge is 2.27. The number of hydrogen-bond donors (Lipinski definition) is 1. The van der Waals surface area contributed by atoms with Gasteiger partial charge in [0.25, 0.3) is 5.91 Å². The van der Waals surface area contributed by atoms with Crippen LogP contribution in [0, 0.1) is 0 Å². The standard InChI is InChI=1S/C16H13BrClNO2/c17-13-6-5-11(18)9-14(13)19-16(20)15-12-4-2-1-3-10(12)7-8-21-15/h1-6,9,15H,7-8H2,(H,19,20). The number of hydrogen-bond acceptors (Lipinski definition) is 2. The third-order valence-electron chi connectivity index (χ3n) is 3.42. The Hall–Kier alpha value is -1.36. The first-order valence-electron chi connectivity index (χ1n) is 6.60. The van der Waals surface area contributed by atoms with Gasteiger partial charge in [-0.2, -0.15) is 0 Å². The molecule has 1 heterocycles. The molecule has 3 rings (SSSR count). The van der Waals surface area contributed by atoms with Crippen LogP contribution in [0.1, 0.15) is 17.2 Å². The lowest BCUT2D eigenvalue weighted by molar-refractivity contribution is -0.128. The normalized spacial score (nSPS) is 17.1. The summed E-state index contributed by atoms with van der Waals surface area (Å²) in [6.45, 7) is 0.547. The molecule has 1 aliphatic heterocycles. The Morgan fingerprint density at radius 1 is 1.29 bits per heavy atom. The van der Waals surface area contributed by atoms with Crippen LogP contribution in [0.2, 0.25) is 5.02 Å². The highest BCUT2D eigenvalue weighted by atomic mass is 79.9. The summed E-state index contributed by atoms with van der Waals surface area (Å²) in [7, 11) is 0. The van der Waals surface area contributed by atoms with Gasteiger partial charge in [-0.05, 0) is 51.7 Å². The van der Waals surface area contributed by atoms with Gasteiger partial charge in [0, 0.05) is 9.50 Å². The smallest absolute Gasteiger partial charge is 0.258 e. The maximum Gasteiger partial charge on any atom is 0.258 e. The summed E-state index contributed by atoms with van der Waals surface area (Å²) in [5, 5.41) is 3.43. The number of carbonyl (C=O) groups excluding carboxylic acids is 1. The van der Waals surface area contributed by atoms with Crippen LogP contribution in [0.25, 0.3) is 0 Å². The first-order valence-corrected chi connectivity index (χ1v) is 7.77. The van der Waals surface area contributed by atoms with Crippen LogP contribution in [0.5, 0.6) is 0 Å². The van der Waals surface area contributed by atoms with Crippen LogP contribution in [0.15, 0.2) is 46.9 Å². The molecule has 0 saturated heterocycles. The molecular weight excluding hydrogens is 354 g/mol. The van der Waals surface area contributed by atoms with E-state index in [0.29, 0.717) is 17.3 Å². The highest BCUT2D eigenvalue weighted by Crippen LogP contribution is 2.30. The number of fused-ring (bicyclic) bond motifs is 1. The van der Waals surface area contributed by atoms with Crippen LogP contribution in [0.3, 0.4) is 0 Å². The first-order chi connectivity index (χ1) is 10.1. The Morgan fingerprint density at radius 3 is 2.95 bits per heavy atom. The zero-order valence-electron chi connectivity index (χ0n) is 11.1. The first kappa shape index (κ1) is 14.6. The summed E-state index contributed by atoms with van der Waals surface area (Å²) in [5.74, 6) is -0.190. The number of halogens is 2. The SMILES string of the molecule is O=C(Nc1cc(Cl)ccc1Br)C1OCCc2ccccc21. The van der Waals surface area contributed by atoms with Crippen molar-refractivity contribution in [1.29, 1.82) is 0 Å².